The first-order chi connectivity index (χ1) is 11.2. The predicted octanol–water partition coefficient (Wildman–Crippen LogP) is 1.79. The minimum Gasteiger partial charge on any atom is -0.488 e. The van der Waals surface area contributed by atoms with Gasteiger partial charge in [-0.3, -0.25) is 9.38 Å². The van der Waals surface area contributed by atoms with Crippen LogP contribution in [0.3, 0.4) is 0 Å². The normalized spacial score (nSPS) is 17.8. The van der Waals surface area contributed by atoms with E-state index in [1.807, 2.05) is 36.7 Å². The number of anilines is 1. The van der Waals surface area contributed by atoms with Crippen LogP contribution in [0.25, 0.3) is 5.65 Å². The Hall–Kier alpha value is -2.70. The van der Waals surface area contributed by atoms with Crippen LogP contribution in [0.1, 0.15) is 17.8 Å². The number of aromatic nitrogens is 5. The van der Waals surface area contributed by atoms with Crippen LogP contribution < -0.4 is 9.64 Å². The molecule has 1 fully saturated rings. The fraction of sp³-hybridized carbons (Fsp3) is 0.375. The number of pyridine rings is 1. The van der Waals surface area contributed by atoms with E-state index in [9.17, 15) is 0 Å². The molecule has 0 bridgehead atoms. The monoisotopic (exact) mass is 310 g/mol. The smallest absolute Gasteiger partial charge is 0.203 e. The third-order valence-corrected chi connectivity index (χ3v) is 4.19. The summed E-state index contributed by atoms with van der Waals surface area (Å²) < 4.78 is 8.08. The Morgan fingerprint density at radius 2 is 2.13 bits per heavy atom. The molecule has 7 nitrogen and oxygen atoms in total. The van der Waals surface area contributed by atoms with Gasteiger partial charge in [0.1, 0.15) is 17.7 Å². The van der Waals surface area contributed by atoms with Crippen molar-refractivity contribution in [3.05, 3.63) is 42.2 Å². The van der Waals surface area contributed by atoms with Crippen LogP contribution in [0, 0.1) is 13.8 Å². The van der Waals surface area contributed by atoms with Crippen molar-refractivity contribution in [2.24, 2.45) is 0 Å². The summed E-state index contributed by atoms with van der Waals surface area (Å²) in [6.45, 7) is 5.63. The fourth-order valence-electron chi connectivity index (χ4n) is 2.94. The zero-order valence-corrected chi connectivity index (χ0v) is 13.2. The summed E-state index contributed by atoms with van der Waals surface area (Å²) in [5, 5.41) is 8.38. The Balaban J connectivity index is 1.55. The molecular weight excluding hydrogens is 292 g/mol. The lowest BCUT2D eigenvalue weighted by atomic mass is 10.2. The standard InChI is InChI=1S/C16H18N6O/c1-11-9-17-5-3-14(11)23-13-4-7-21(10-13)15-16-20-19-12(2)22(16)8-6-18-15/h3,5-6,8-9,13H,4,7,10H2,1-2H3. The van der Waals surface area contributed by atoms with E-state index in [0.717, 1.165) is 48.1 Å². The highest BCUT2D eigenvalue weighted by atomic mass is 16.5. The number of ether oxygens (including phenoxy) is 1. The molecular formula is C16H18N6O. The Bertz CT molecular complexity index is 845. The molecule has 1 atom stereocenters. The minimum absolute atomic E-state index is 0.141. The van der Waals surface area contributed by atoms with Gasteiger partial charge in [0, 0.05) is 43.3 Å². The van der Waals surface area contributed by atoms with Crippen LogP contribution in [-0.4, -0.2) is 43.8 Å². The van der Waals surface area contributed by atoms with E-state index < -0.39 is 0 Å². The molecule has 4 rings (SSSR count). The van der Waals surface area contributed by atoms with Crippen molar-refractivity contribution < 1.29 is 4.74 Å². The molecule has 4 heterocycles. The molecule has 1 unspecified atom stereocenters. The van der Waals surface area contributed by atoms with Crippen LogP contribution >= 0.6 is 0 Å². The van der Waals surface area contributed by atoms with Crippen molar-refractivity contribution in [3.8, 4) is 5.75 Å². The van der Waals surface area contributed by atoms with Gasteiger partial charge < -0.3 is 9.64 Å². The second-order valence-corrected chi connectivity index (χ2v) is 5.81. The zero-order chi connectivity index (χ0) is 15.8. The van der Waals surface area contributed by atoms with Gasteiger partial charge in [-0.1, -0.05) is 0 Å². The number of hydrogen-bond donors (Lipinski definition) is 0. The Kier molecular flexibility index (Phi) is 3.33. The van der Waals surface area contributed by atoms with Gasteiger partial charge in [0.05, 0.1) is 6.54 Å². The van der Waals surface area contributed by atoms with E-state index in [4.69, 9.17) is 4.74 Å². The highest BCUT2D eigenvalue weighted by Crippen LogP contribution is 2.25. The molecule has 1 aliphatic heterocycles. The van der Waals surface area contributed by atoms with Gasteiger partial charge in [-0.15, -0.1) is 10.2 Å². The van der Waals surface area contributed by atoms with Crippen LogP contribution in [0.5, 0.6) is 5.75 Å². The van der Waals surface area contributed by atoms with E-state index in [1.165, 1.54) is 0 Å². The van der Waals surface area contributed by atoms with Gasteiger partial charge in [-0.25, -0.2) is 4.98 Å². The lowest BCUT2D eigenvalue weighted by Crippen LogP contribution is -2.26. The maximum absolute atomic E-state index is 6.12. The fourth-order valence-corrected chi connectivity index (χ4v) is 2.94. The molecule has 0 saturated carbocycles. The average Bonchev–Trinajstić information content (AvgIpc) is 3.17. The summed E-state index contributed by atoms with van der Waals surface area (Å²) in [5.41, 5.74) is 1.85. The maximum atomic E-state index is 6.12. The van der Waals surface area contributed by atoms with Gasteiger partial charge in [-0.05, 0) is 19.9 Å². The third-order valence-electron chi connectivity index (χ3n) is 4.19. The summed E-state index contributed by atoms with van der Waals surface area (Å²) in [5.74, 6) is 2.63. The maximum Gasteiger partial charge on any atom is 0.203 e. The van der Waals surface area contributed by atoms with E-state index in [-0.39, 0.29) is 6.10 Å². The van der Waals surface area contributed by atoms with E-state index in [0.29, 0.717) is 0 Å². The number of rotatable bonds is 3. The molecule has 1 aliphatic rings. The first-order valence-electron chi connectivity index (χ1n) is 7.71. The third kappa shape index (κ3) is 2.48. The number of fused-ring (bicyclic) bond motifs is 1. The number of aryl methyl sites for hydroxylation is 2. The molecule has 0 N–H and O–H groups in total. The molecule has 3 aromatic rings. The topological polar surface area (TPSA) is 68.4 Å². The molecule has 0 amide bonds. The molecule has 7 heteroatoms. The summed E-state index contributed by atoms with van der Waals surface area (Å²) in [7, 11) is 0. The van der Waals surface area contributed by atoms with E-state index in [1.54, 1.807) is 12.4 Å². The van der Waals surface area contributed by atoms with Crippen LogP contribution in [0.15, 0.2) is 30.9 Å². The van der Waals surface area contributed by atoms with Crippen LogP contribution in [0.4, 0.5) is 5.82 Å². The SMILES string of the molecule is Cc1cnccc1OC1CCN(c2nccn3c(C)nnc23)C1. The summed E-state index contributed by atoms with van der Waals surface area (Å²) in [6, 6.07) is 1.92. The average molecular weight is 310 g/mol. The molecule has 118 valence electrons. The van der Waals surface area contributed by atoms with Crippen molar-refractivity contribution in [2.75, 3.05) is 18.0 Å². The largest absolute Gasteiger partial charge is 0.488 e. The Morgan fingerprint density at radius 3 is 3.00 bits per heavy atom. The molecule has 3 aromatic heterocycles. The van der Waals surface area contributed by atoms with Gasteiger partial charge in [-0.2, -0.15) is 0 Å². The molecule has 0 radical (unpaired) electrons. The molecule has 0 aromatic carbocycles. The van der Waals surface area contributed by atoms with Crippen LogP contribution in [0.2, 0.25) is 0 Å². The van der Waals surface area contributed by atoms with Crippen molar-refractivity contribution in [2.45, 2.75) is 26.4 Å². The molecule has 23 heavy (non-hydrogen) atoms. The lowest BCUT2D eigenvalue weighted by molar-refractivity contribution is 0.223. The quantitative estimate of drug-likeness (QED) is 0.735. The van der Waals surface area contributed by atoms with E-state index >= 15 is 0 Å². The van der Waals surface area contributed by atoms with Gasteiger partial charge in [0.2, 0.25) is 5.65 Å². The zero-order valence-electron chi connectivity index (χ0n) is 13.2. The van der Waals surface area contributed by atoms with Crippen LogP contribution in [-0.2, 0) is 0 Å². The summed E-state index contributed by atoms with van der Waals surface area (Å²) in [6.07, 6.45) is 8.36. The van der Waals surface area contributed by atoms with E-state index in [2.05, 4.69) is 25.1 Å². The number of nitrogens with zero attached hydrogens (tertiary/aromatic N) is 6. The van der Waals surface area contributed by atoms with Gasteiger partial charge in [0.25, 0.3) is 0 Å². The highest BCUT2D eigenvalue weighted by molar-refractivity contribution is 5.64. The number of hydrogen-bond acceptors (Lipinski definition) is 6. The second kappa shape index (κ2) is 5.49. The second-order valence-electron chi connectivity index (χ2n) is 5.81. The summed E-state index contributed by atoms with van der Waals surface area (Å²) >= 11 is 0. The predicted molar refractivity (Wildman–Crippen MR) is 85.7 cm³/mol. The summed E-state index contributed by atoms with van der Waals surface area (Å²) in [4.78, 5) is 10.8. The van der Waals surface area contributed by atoms with Gasteiger partial charge >= 0.3 is 0 Å². The lowest BCUT2D eigenvalue weighted by Gasteiger charge is -2.18. The highest BCUT2D eigenvalue weighted by Gasteiger charge is 2.27. The van der Waals surface area contributed by atoms with Crippen molar-refractivity contribution >= 4 is 11.5 Å². The minimum atomic E-state index is 0.141. The Labute approximate surface area is 134 Å². The Morgan fingerprint density at radius 1 is 1.22 bits per heavy atom. The van der Waals surface area contributed by atoms with Gasteiger partial charge in [0.15, 0.2) is 5.82 Å². The first-order valence-corrected chi connectivity index (χ1v) is 7.71. The molecule has 1 saturated heterocycles. The molecule has 0 spiro atoms. The first kappa shape index (κ1) is 13.9. The van der Waals surface area contributed by atoms with Crippen molar-refractivity contribution in [1.29, 1.82) is 0 Å². The van der Waals surface area contributed by atoms with Crippen molar-refractivity contribution in [1.82, 2.24) is 24.6 Å². The molecule has 0 aliphatic carbocycles. The van der Waals surface area contributed by atoms with Crippen molar-refractivity contribution in [3.63, 3.8) is 0 Å².